The lowest BCUT2D eigenvalue weighted by molar-refractivity contribution is 0.182. The second-order valence-electron chi connectivity index (χ2n) is 4.59. The number of fused-ring (bicyclic) bond motifs is 3. The average Bonchev–Trinajstić information content (AvgIpc) is 2.38. The van der Waals surface area contributed by atoms with E-state index in [1.54, 1.807) is 7.11 Å². The number of nitrogens with zero attached hydrogens (tertiary/aromatic N) is 1. The van der Waals surface area contributed by atoms with Gasteiger partial charge in [0, 0.05) is 6.54 Å². The number of ether oxygens (including phenoxy) is 2. The highest BCUT2D eigenvalue weighted by Crippen LogP contribution is 2.42. The first kappa shape index (κ1) is 13.2. The zero-order chi connectivity index (χ0) is 11.8. The summed E-state index contributed by atoms with van der Waals surface area (Å²) in [5.41, 5.74) is 2.50. The van der Waals surface area contributed by atoms with Gasteiger partial charge in [-0.2, -0.15) is 0 Å². The van der Waals surface area contributed by atoms with Crippen LogP contribution in [-0.2, 0) is 0 Å². The fraction of sp³-hybridized carbons (Fsp3) is 0.429. The fourth-order valence-corrected chi connectivity index (χ4v) is 2.69. The van der Waals surface area contributed by atoms with E-state index in [4.69, 9.17) is 9.47 Å². The summed E-state index contributed by atoms with van der Waals surface area (Å²) in [5.74, 6) is 1.86. The molecule has 0 radical (unpaired) electrons. The van der Waals surface area contributed by atoms with Gasteiger partial charge in [0.05, 0.1) is 18.7 Å². The van der Waals surface area contributed by atoms with Crippen molar-refractivity contribution in [3.8, 4) is 11.5 Å². The minimum Gasteiger partial charge on any atom is -0.496 e. The molecule has 0 amide bonds. The molecule has 0 spiro atoms. The van der Waals surface area contributed by atoms with Crippen LogP contribution in [0.5, 0.6) is 11.5 Å². The summed E-state index contributed by atoms with van der Waals surface area (Å²) in [6, 6.07) is 6.36. The van der Waals surface area contributed by atoms with Gasteiger partial charge < -0.3 is 9.47 Å². The number of hydrogen-bond donors (Lipinski definition) is 0. The molecule has 2 heterocycles. The quantitative estimate of drug-likeness (QED) is 0.781. The van der Waals surface area contributed by atoms with E-state index < -0.39 is 0 Å². The number of halogens is 1. The first-order chi connectivity index (χ1) is 8.31. The van der Waals surface area contributed by atoms with Gasteiger partial charge in [0.1, 0.15) is 18.1 Å². The van der Waals surface area contributed by atoms with Gasteiger partial charge in [0.15, 0.2) is 0 Å². The zero-order valence-corrected chi connectivity index (χ0v) is 11.5. The highest BCUT2D eigenvalue weighted by atomic mass is 35.5. The van der Waals surface area contributed by atoms with Gasteiger partial charge in [-0.3, -0.25) is 4.90 Å². The molecule has 1 aromatic carbocycles. The molecule has 0 N–H and O–H groups in total. The van der Waals surface area contributed by atoms with E-state index >= 15 is 0 Å². The lowest BCUT2D eigenvalue weighted by Gasteiger charge is -2.38. The van der Waals surface area contributed by atoms with Gasteiger partial charge in [0.25, 0.3) is 0 Å². The van der Waals surface area contributed by atoms with Crippen LogP contribution in [0.15, 0.2) is 24.3 Å². The third kappa shape index (κ3) is 1.98. The minimum absolute atomic E-state index is 0. The number of rotatable bonds is 1. The van der Waals surface area contributed by atoms with Crippen molar-refractivity contribution in [2.24, 2.45) is 0 Å². The Bertz CT molecular complexity index is 459. The summed E-state index contributed by atoms with van der Waals surface area (Å²) in [7, 11) is 3.87. The standard InChI is InChI=1S/C14H17NO2.ClH/c1-15-8-4-5-10-11(15)9-17-13-7-3-6-12(16-2)14(10)13;/h3,5-7,11H,4,8-9H2,1-2H3;1H. The van der Waals surface area contributed by atoms with Crippen molar-refractivity contribution in [1.29, 1.82) is 0 Å². The molecule has 4 heteroatoms. The molecule has 2 aliphatic heterocycles. The maximum Gasteiger partial charge on any atom is 0.130 e. The van der Waals surface area contributed by atoms with E-state index in [-0.39, 0.29) is 12.4 Å². The Kier molecular flexibility index (Phi) is 3.83. The number of likely N-dealkylation sites (N-methyl/N-ethyl adjacent to an activating group) is 1. The maximum absolute atomic E-state index is 5.84. The molecule has 3 rings (SSSR count). The van der Waals surface area contributed by atoms with Crippen molar-refractivity contribution in [3.05, 3.63) is 29.8 Å². The number of methoxy groups -OCH3 is 1. The molecule has 1 atom stereocenters. The Morgan fingerprint density at radius 3 is 3.00 bits per heavy atom. The van der Waals surface area contributed by atoms with E-state index in [1.807, 2.05) is 18.2 Å². The van der Waals surface area contributed by atoms with Gasteiger partial charge in [-0.05, 0) is 31.2 Å². The Morgan fingerprint density at radius 1 is 1.39 bits per heavy atom. The van der Waals surface area contributed by atoms with Crippen LogP contribution < -0.4 is 9.47 Å². The average molecular weight is 268 g/mol. The predicted octanol–water partition coefficient (Wildman–Crippen LogP) is 2.60. The molecule has 98 valence electrons. The van der Waals surface area contributed by atoms with Crippen LogP contribution in [0.1, 0.15) is 12.0 Å². The van der Waals surface area contributed by atoms with Gasteiger partial charge in [-0.1, -0.05) is 12.1 Å². The van der Waals surface area contributed by atoms with Crippen molar-refractivity contribution in [2.45, 2.75) is 12.5 Å². The van der Waals surface area contributed by atoms with E-state index in [1.165, 1.54) is 5.57 Å². The third-order valence-corrected chi connectivity index (χ3v) is 3.63. The Balaban J connectivity index is 0.00000120. The van der Waals surface area contributed by atoms with Crippen LogP contribution in [0, 0.1) is 0 Å². The summed E-state index contributed by atoms with van der Waals surface area (Å²) in [4.78, 5) is 2.35. The summed E-state index contributed by atoms with van der Waals surface area (Å²) < 4.78 is 11.3. The molecular weight excluding hydrogens is 250 g/mol. The highest BCUT2D eigenvalue weighted by molar-refractivity contribution is 5.85. The van der Waals surface area contributed by atoms with E-state index in [2.05, 4.69) is 18.0 Å². The van der Waals surface area contributed by atoms with Crippen LogP contribution in [0.3, 0.4) is 0 Å². The number of benzene rings is 1. The lowest BCUT2D eigenvalue weighted by Crippen LogP contribution is -2.42. The zero-order valence-electron chi connectivity index (χ0n) is 10.7. The van der Waals surface area contributed by atoms with Gasteiger partial charge in [-0.25, -0.2) is 0 Å². The van der Waals surface area contributed by atoms with Crippen LogP contribution in [0.4, 0.5) is 0 Å². The molecule has 18 heavy (non-hydrogen) atoms. The van der Waals surface area contributed by atoms with Crippen molar-refractivity contribution < 1.29 is 9.47 Å². The van der Waals surface area contributed by atoms with Crippen molar-refractivity contribution >= 4 is 18.0 Å². The monoisotopic (exact) mass is 267 g/mol. The first-order valence-corrected chi connectivity index (χ1v) is 6.01. The molecule has 0 aromatic heterocycles. The summed E-state index contributed by atoms with van der Waals surface area (Å²) in [5, 5.41) is 0. The predicted molar refractivity (Wildman–Crippen MR) is 74.7 cm³/mol. The molecule has 1 unspecified atom stereocenters. The van der Waals surface area contributed by atoms with Crippen LogP contribution in [-0.4, -0.2) is 38.3 Å². The third-order valence-electron chi connectivity index (χ3n) is 3.63. The van der Waals surface area contributed by atoms with Crippen LogP contribution >= 0.6 is 12.4 Å². The Hall–Kier alpha value is -1.19. The summed E-state index contributed by atoms with van der Waals surface area (Å²) in [6.45, 7) is 1.84. The van der Waals surface area contributed by atoms with Crippen molar-refractivity contribution in [2.75, 3.05) is 27.3 Å². The first-order valence-electron chi connectivity index (χ1n) is 6.01. The number of hydrogen-bond acceptors (Lipinski definition) is 3. The fourth-order valence-electron chi connectivity index (χ4n) is 2.69. The van der Waals surface area contributed by atoms with E-state index in [0.717, 1.165) is 36.6 Å². The molecule has 0 bridgehead atoms. The van der Waals surface area contributed by atoms with Gasteiger partial charge in [0.2, 0.25) is 0 Å². The molecule has 2 aliphatic rings. The maximum atomic E-state index is 5.84. The second kappa shape index (κ2) is 5.21. The molecule has 0 saturated heterocycles. The molecule has 0 saturated carbocycles. The normalized spacial score (nSPS) is 21.9. The Labute approximate surface area is 114 Å². The van der Waals surface area contributed by atoms with Crippen LogP contribution in [0.25, 0.3) is 5.57 Å². The van der Waals surface area contributed by atoms with Crippen molar-refractivity contribution in [3.63, 3.8) is 0 Å². The second-order valence-corrected chi connectivity index (χ2v) is 4.59. The van der Waals surface area contributed by atoms with Gasteiger partial charge in [-0.15, -0.1) is 12.4 Å². The topological polar surface area (TPSA) is 21.7 Å². The Morgan fingerprint density at radius 2 is 2.22 bits per heavy atom. The molecule has 3 nitrogen and oxygen atoms in total. The SMILES string of the molecule is COc1cccc2c1C1=CCCN(C)C1CO2.Cl. The molecule has 0 fully saturated rings. The molecule has 1 aromatic rings. The van der Waals surface area contributed by atoms with E-state index in [0.29, 0.717) is 6.04 Å². The summed E-state index contributed by atoms with van der Waals surface area (Å²) >= 11 is 0. The largest absolute Gasteiger partial charge is 0.496 e. The molecular formula is C14H18ClNO2. The van der Waals surface area contributed by atoms with Crippen molar-refractivity contribution in [1.82, 2.24) is 4.90 Å². The summed E-state index contributed by atoms with van der Waals surface area (Å²) in [6.07, 6.45) is 3.42. The lowest BCUT2D eigenvalue weighted by atomic mass is 9.90. The van der Waals surface area contributed by atoms with E-state index in [9.17, 15) is 0 Å². The smallest absolute Gasteiger partial charge is 0.130 e. The van der Waals surface area contributed by atoms with Gasteiger partial charge >= 0.3 is 0 Å². The highest BCUT2D eigenvalue weighted by Gasteiger charge is 2.32. The van der Waals surface area contributed by atoms with Crippen LogP contribution in [0.2, 0.25) is 0 Å². The minimum atomic E-state index is 0. The molecule has 0 aliphatic carbocycles.